The third-order valence-corrected chi connectivity index (χ3v) is 6.00. The number of hydrogen-bond donors (Lipinski definition) is 2. The van der Waals surface area contributed by atoms with Crippen molar-refractivity contribution in [2.75, 3.05) is 7.11 Å². The van der Waals surface area contributed by atoms with Crippen LogP contribution in [0.5, 0.6) is 11.5 Å². The number of amides is 1. The monoisotopic (exact) mass is 501 g/mol. The van der Waals surface area contributed by atoms with Crippen LogP contribution in [0.1, 0.15) is 46.9 Å². The molecule has 37 heavy (non-hydrogen) atoms. The van der Waals surface area contributed by atoms with Gasteiger partial charge in [-0.05, 0) is 61.4 Å². The van der Waals surface area contributed by atoms with Crippen LogP contribution >= 0.6 is 0 Å². The van der Waals surface area contributed by atoms with Gasteiger partial charge in [0, 0.05) is 12.1 Å². The molecular formula is C29H27NO7. The number of ether oxygens (including phenoxy) is 2. The lowest BCUT2D eigenvalue weighted by Crippen LogP contribution is -2.29. The number of hydrogen-bond acceptors (Lipinski definition) is 6. The van der Waals surface area contributed by atoms with Gasteiger partial charge in [-0.2, -0.15) is 0 Å². The maximum atomic E-state index is 13.3. The Morgan fingerprint density at radius 2 is 1.59 bits per heavy atom. The molecule has 0 aliphatic carbocycles. The molecule has 8 heteroatoms. The number of carbonyl (C=O) groups is 3. The van der Waals surface area contributed by atoms with Crippen molar-refractivity contribution in [1.29, 1.82) is 0 Å². The quantitative estimate of drug-likeness (QED) is 0.259. The molecule has 1 heterocycles. The number of benzene rings is 3. The number of rotatable bonds is 8. The highest BCUT2D eigenvalue weighted by molar-refractivity contribution is 6.46. The minimum atomic E-state index is -1.06. The van der Waals surface area contributed by atoms with Gasteiger partial charge >= 0.3 is 5.97 Å². The number of methoxy groups -OCH3 is 1. The van der Waals surface area contributed by atoms with Crippen molar-refractivity contribution in [3.05, 3.63) is 101 Å². The summed E-state index contributed by atoms with van der Waals surface area (Å²) in [6, 6.07) is 18.8. The van der Waals surface area contributed by atoms with Crippen molar-refractivity contribution in [2.45, 2.75) is 32.5 Å². The van der Waals surface area contributed by atoms with E-state index in [1.807, 2.05) is 13.8 Å². The number of nitrogens with zero attached hydrogens (tertiary/aromatic N) is 1. The molecule has 1 amide bonds. The van der Waals surface area contributed by atoms with E-state index in [1.165, 1.54) is 24.1 Å². The van der Waals surface area contributed by atoms with E-state index in [1.54, 1.807) is 60.7 Å². The van der Waals surface area contributed by atoms with Gasteiger partial charge in [0.2, 0.25) is 0 Å². The zero-order valence-electron chi connectivity index (χ0n) is 20.7. The molecule has 0 saturated carbocycles. The molecule has 190 valence electrons. The minimum Gasteiger partial charge on any atom is -0.507 e. The highest BCUT2D eigenvalue weighted by Crippen LogP contribution is 2.41. The number of aromatic carboxylic acids is 1. The third-order valence-electron chi connectivity index (χ3n) is 6.00. The van der Waals surface area contributed by atoms with Gasteiger partial charge in [-0.25, -0.2) is 4.79 Å². The maximum Gasteiger partial charge on any atom is 0.335 e. The first kappa shape index (κ1) is 25.5. The number of likely N-dealkylation sites (tertiary alicyclic amines) is 1. The Morgan fingerprint density at radius 3 is 2.19 bits per heavy atom. The summed E-state index contributed by atoms with van der Waals surface area (Å²) >= 11 is 0. The Kier molecular flexibility index (Phi) is 7.29. The predicted octanol–water partition coefficient (Wildman–Crippen LogP) is 4.80. The molecule has 1 aliphatic rings. The van der Waals surface area contributed by atoms with Crippen molar-refractivity contribution in [2.24, 2.45) is 0 Å². The first-order valence-electron chi connectivity index (χ1n) is 11.7. The number of ketones is 1. The van der Waals surface area contributed by atoms with Crippen LogP contribution in [0.25, 0.3) is 5.76 Å². The van der Waals surface area contributed by atoms with Crippen molar-refractivity contribution >= 4 is 23.4 Å². The second-order valence-corrected chi connectivity index (χ2v) is 8.90. The molecule has 0 spiro atoms. The van der Waals surface area contributed by atoms with Crippen molar-refractivity contribution in [1.82, 2.24) is 4.90 Å². The van der Waals surface area contributed by atoms with Gasteiger partial charge in [0.1, 0.15) is 17.3 Å². The number of carbonyl (C=O) groups excluding carboxylic acids is 2. The molecule has 8 nitrogen and oxygen atoms in total. The number of Topliss-reactive ketones (excluding diaryl/α,β-unsaturated/α-hetero) is 1. The fourth-order valence-electron chi connectivity index (χ4n) is 4.27. The largest absolute Gasteiger partial charge is 0.507 e. The van der Waals surface area contributed by atoms with Gasteiger partial charge in [0.05, 0.1) is 30.4 Å². The molecule has 4 rings (SSSR count). The zero-order valence-corrected chi connectivity index (χ0v) is 20.7. The second kappa shape index (κ2) is 10.6. The fourth-order valence-corrected chi connectivity index (χ4v) is 4.27. The van der Waals surface area contributed by atoms with E-state index in [2.05, 4.69) is 0 Å². The Balaban J connectivity index is 1.81. The van der Waals surface area contributed by atoms with E-state index in [0.29, 0.717) is 28.2 Å². The normalized spacial score (nSPS) is 16.8. The summed E-state index contributed by atoms with van der Waals surface area (Å²) in [5.41, 5.74) is 1.66. The van der Waals surface area contributed by atoms with Crippen LogP contribution in [0.2, 0.25) is 0 Å². The summed E-state index contributed by atoms with van der Waals surface area (Å²) in [4.78, 5) is 39.1. The smallest absolute Gasteiger partial charge is 0.335 e. The first-order chi connectivity index (χ1) is 17.7. The Bertz CT molecular complexity index is 1360. The Hall–Kier alpha value is -4.59. The van der Waals surface area contributed by atoms with Crippen LogP contribution < -0.4 is 9.47 Å². The number of carboxylic acids is 1. The molecule has 2 N–H and O–H groups in total. The summed E-state index contributed by atoms with van der Waals surface area (Å²) in [6.45, 7) is 3.80. The molecule has 3 aromatic carbocycles. The van der Waals surface area contributed by atoms with Crippen LogP contribution in [0, 0.1) is 0 Å². The van der Waals surface area contributed by atoms with Gasteiger partial charge in [-0.1, -0.05) is 36.4 Å². The van der Waals surface area contributed by atoms with Gasteiger partial charge in [-0.15, -0.1) is 0 Å². The third kappa shape index (κ3) is 5.33. The molecule has 0 bridgehead atoms. The number of aliphatic hydroxyl groups is 1. The topological polar surface area (TPSA) is 113 Å². The zero-order chi connectivity index (χ0) is 26.7. The van der Waals surface area contributed by atoms with Gasteiger partial charge < -0.3 is 24.6 Å². The Labute approximate surface area is 214 Å². The molecule has 1 unspecified atom stereocenters. The average molecular weight is 502 g/mol. The Morgan fingerprint density at radius 1 is 0.919 bits per heavy atom. The predicted molar refractivity (Wildman–Crippen MR) is 136 cm³/mol. The van der Waals surface area contributed by atoms with Crippen LogP contribution in [0.3, 0.4) is 0 Å². The first-order valence-corrected chi connectivity index (χ1v) is 11.7. The number of aliphatic hydroxyl groups excluding tert-OH is 1. The minimum absolute atomic E-state index is 0.0362. The van der Waals surface area contributed by atoms with Crippen LogP contribution in [0.15, 0.2) is 78.4 Å². The van der Waals surface area contributed by atoms with Crippen LogP contribution in [-0.2, 0) is 16.1 Å². The lowest BCUT2D eigenvalue weighted by molar-refractivity contribution is -0.140. The lowest BCUT2D eigenvalue weighted by atomic mass is 9.95. The van der Waals surface area contributed by atoms with E-state index in [0.717, 1.165) is 0 Å². The van der Waals surface area contributed by atoms with Crippen LogP contribution in [-0.4, -0.2) is 46.0 Å². The van der Waals surface area contributed by atoms with Crippen LogP contribution in [0.4, 0.5) is 0 Å². The summed E-state index contributed by atoms with van der Waals surface area (Å²) < 4.78 is 11.0. The maximum absolute atomic E-state index is 13.3. The molecule has 1 aliphatic heterocycles. The lowest BCUT2D eigenvalue weighted by Gasteiger charge is -2.25. The summed E-state index contributed by atoms with van der Waals surface area (Å²) in [5, 5.41) is 20.5. The SMILES string of the molecule is COc1ccc(C2/C(=C(\O)c3cccc(OC(C)C)c3)C(=O)C(=O)N2Cc2ccc(C(=O)O)cc2)cc1. The van der Waals surface area contributed by atoms with E-state index in [-0.39, 0.29) is 29.5 Å². The van der Waals surface area contributed by atoms with E-state index in [4.69, 9.17) is 9.47 Å². The van der Waals surface area contributed by atoms with E-state index < -0.39 is 23.7 Å². The summed E-state index contributed by atoms with van der Waals surface area (Å²) in [5.74, 6) is -1.82. The van der Waals surface area contributed by atoms with Gasteiger partial charge in [-0.3, -0.25) is 9.59 Å². The fraction of sp³-hybridized carbons (Fsp3) is 0.207. The highest BCUT2D eigenvalue weighted by atomic mass is 16.5. The summed E-state index contributed by atoms with van der Waals surface area (Å²) in [6.07, 6.45) is -0.0882. The molecule has 1 saturated heterocycles. The van der Waals surface area contributed by atoms with Gasteiger partial charge in [0.15, 0.2) is 0 Å². The van der Waals surface area contributed by atoms with Crippen molar-refractivity contribution in [3.63, 3.8) is 0 Å². The summed E-state index contributed by atoms with van der Waals surface area (Å²) in [7, 11) is 1.54. The standard InChI is InChI=1S/C29H27NO7/c1-17(2)37-23-6-4-5-21(15-23)26(31)24-25(19-11-13-22(36-3)14-12-19)30(28(33)27(24)32)16-18-7-9-20(10-8-18)29(34)35/h4-15,17,25,31H,16H2,1-3H3,(H,34,35)/b26-24+. The molecule has 1 fully saturated rings. The van der Waals surface area contributed by atoms with Gasteiger partial charge in [0.25, 0.3) is 11.7 Å². The molecule has 3 aromatic rings. The highest BCUT2D eigenvalue weighted by Gasteiger charge is 2.46. The van der Waals surface area contributed by atoms with Crippen molar-refractivity contribution < 1.29 is 34.1 Å². The second-order valence-electron chi connectivity index (χ2n) is 8.90. The van der Waals surface area contributed by atoms with E-state index in [9.17, 15) is 24.6 Å². The molecular weight excluding hydrogens is 474 g/mol. The molecule has 1 atom stereocenters. The molecule has 0 aromatic heterocycles. The molecule has 0 radical (unpaired) electrons. The average Bonchev–Trinajstić information content (AvgIpc) is 3.13. The number of carboxylic acid groups (broad SMARTS) is 1. The van der Waals surface area contributed by atoms with E-state index >= 15 is 0 Å². The van der Waals surface area contributed by atoms with Crippen molar-refractivity contribution in [3.8, 4) is 11.5 Å².